The van der Waals surface area contributed by atoms with E-state index in [0.717, 1.165) is 84.2 Å². The summed E-state index contributed by atoms with van der Waals surface area (Å²) in [6.45, 7) is 1.94. The fourth-order valence-electron chi connectivity index (χ4n) is 6.93. The first kappa shape index (κ1) is 47.5. The van der Waals surface area contributed by atoms with E-state index in [1.54, 1.807) is 0 Å². The molecule has 59 heavy (non-hydrogen) atoms. The van der Waals surface area contributed by atoms with Gasteiger partial charge >= 0.3 is 24.5 Å². The molecule has 0 spiro atoms. The van der Waals surface area contributed by atoms with Crippen LogP contribution in [-0.2, 0) is 17.1 Å². The Labute approximate surface area is 347 Å². The Bertz CT molecular complexity index is 1790. The van der Waals surface area contributed by atoms with Gasteiger partial charge in [-0.2, -0.15) is 36.2 Å². The number of hydrogen-bond acceptors (Lipinski definition) is 6. The number of urea groups is 1. The molecule has 2 unspecified atom stereocenters. The van der Waals surface area contributed by atoms with E-state index >= 15 is 0 Å². The molecule has 2 atom stereocenters. The highest BCUT2D eigenvalue weighted by Gasteiger charge is 2.48. The molecule has 0 N–H and O–H groups in total. The lowest BCUT2D eigenvalue weighted by molar-refractivity contribution is -0.694. The fraction of sp³-hybridized carbons (Fsp3) is 0.535. The van der Waals surface area contributed by atoms with Gasteiger partial charge < -0.3 is 4.74 Å². The molecule has 0 saturated carbocycles. The highest BCUT2D eigenvalue weighted by molar-refractivity contribution is 7.74. The van der Waals surface area contributed by atoms with E-state index in [9.17, 15) is 40.3 Å². The number of unbranched alkanes of at least 4 members (excludes halogenated alkanes) is 15. The largest absolute Gasteiger partial charge is 0.553 e. The Morgan fingerprint density at radius 1 is 0.746 bits per heavy atom. The number of anilines is 1. The summed E-state index contributed by atoms with van der Waals surface area (Å²) in [6.07, 6.45) is 8.99. The number of halogens is 7. The van der Waals surface area contributed by atoms with Crippen LogP contribution in [0.1, 0.15) is 138 Å². The number of hydrazone groups is 1. The third-order valence-corrected chi connectivity index (χ3v) is 10.7. The number of alkyl halides is 6. The number of carbonyl (C=O) groups is 2. The molecule has 3 aromatic rings. The molecule has 3 amide bonds. The summed E-state index contributed by atoms with van der Waals surface area (Å²) in [7, 11) is 1.21. The number of carbonyl (C=O) groups excluding carboxylic acids is 2. The van der Waals surface area contributed by atoms with E-state index in [-0.39, 0.29) is 30.2 Å². The smallest absolute Gasteiger partial charge is 0.418 e. The lowest BCUT2D eigenvalue weighted by Gasteiger charge is -2.34. The highest BCUT2D eigenvalue weighted by atomic mass is 32.1. The fourth-order valence-corrected chi connectivity index (χ4v) is 7.17. The second kappa shape index (κ2) is 22.4. The number of rotatable bonds is 20. The lowest BCUT2D eigenvalue weighted by Crippen LogP contribution is -2.60. The predicted molar refractivity (Wildman–Crippen MR) is 217 cm³/mol. The zero-order chi connectivity index (χ0) is 43.1. The minimum Gasteiger partial charge on any atom is -0.418 e. The van der Waals surface area contributed by atoms with E-state index in [0.29, 0.717) is 18.2 Å². The number of nitrogens with zero attached hydrogens (tertiary/aromatic N) is 5. The maximum Gasteiger partial charge on any atom is 0.553 e. The summed E-state index contributed by atoms with van der Waals surface area (Å²) in [6, 6.07) is 9.51. The summed E-state index contributed by atoms with van der Waals surface area (Å²) in [5.41, 5.74) is -1.57. The molecule has 0 fully saturated rings. The maximum absolute atomic E-state index is 14.4. The molecule has 8 nitrogen and oxygen atoms in total. The number of benzene rings is 2. The molecule has 0 aliphatic carbocycles. The van der Waals surface area contributed by atoms with Gasteiger partial charge in [-0.05, 0) is 60.5 Å². The van der Waals surface area contributed by atoms with Gasteiger partial charge in [-0.3, -0.25) is 4.98 Å². The van der Waals surface area contributed by atoms with E-state index in [1.165, 1.54) is 89.8 Å². The molecular weight excluding hydrogens is 800 g/mol. The van der Waals surface area contributed by atoms with E-state index in [2.05, 4.69) is 29.8 Å². The first-order chi connectivity index (χ1) is 28.0. The number of aromatic nitrogens is 1. The molecule has 1 aliphatic rings. The number of thiol groups is 1. The molecule has 16 heteroatoms. The van der Waals surface area contributed by atoms with Crippen LogP contribution >= 0.6 is 12.8 Å². The normalized spacial score (nSPS) is 15.5. The quantitative estimate of drug-likeness (QED) is 0.0404. The Hall–Kier alpha value is -4.18. The minimum absolute atomic E-state index is 0.0129. The van der Waals surface area contributed by atoms with Crippen molar-refractivity contribution in [2.75, 3.05) is 25.2 Å². The van der Waals surface area contributed by atoms with Crippen LogP contribution in [0.4, 0.5) is 46.0 Å². The SMILES string of the molecule is CCCCCCCCCCCCCCCCCCOC(=O)[N+](C)(S)N(C(=O)N1CC(c2ccc(C(F)(F)F)cn2)C(c2ccc(F)cc2)=N1)c1ccc(C(F)(F)F)cc1. The predicted octanol–water partition coefficient (Wildman–Crippen LogP) is 13.3. The van der Waals surface area contributed by atoms with Crippen LogP contribution in [0.5, 0.6) is 0 Å². The molecule has 0 bridgehead atoms. The Morgan fingerprint density at radius 3 is 1.71 bits per heavy atom. The number of quaternary nitrogens is 1. The molecule has 324 valence electrons. The molecule has 0 saturated heterocycles. The second-order valence-corrected chi connectivity index (χ2v) is 15.8. The van der Waals surface area contributed by atoms with Crippen LogP contribution < -0.4 is 5.01 Å². The summed E-state index contributed by atoms with van der Waals surface area (Å²) >= 11 is 4.48. The van der Waals surface area contributed by atoms with Crippen molar-refractivity contribution < 1.29 is 49.1 Å². The standard InChI is InChI=1S/C43H55F7N5O3S/c1-3-4-5-6-7-8-9-10-11-12-13-14-15-16-17-18-29-58-41(57)55(2,59)54(36-26-21-33(22-27-36)42(45,46)47)40(56)53-31-37(38-28-23-34(30-51-38)43(48,49)50)39(52-53)32-19-24-35(44)25-20-32/h19-28,30,37,59H,3-18,29,31H2,1-2H3/q+1. The van der Waals surface area contributed by atoms with Gasteiger partial charge in [-0.15, -0.1) is 5.01 Å². The molecule has 0 radical (unpaired) electrons. The topological polar surface area (TPSA) is 75.1 Å². The van der Waals surface area contributed by atoms with Crippen molar-refractivity contribution in [1.82, 2.24) is 9.99 Å². The van der Waals surface area contributed by atoms with Gasteiger partial charge in [0, 0.05) is 6.20 Å². The van der Waals surface area contributed by atoms with Gasteiger partial charge in [0.15, 0.2) is 0 Å². The van der Waals surface area contributed by atoms with Crippen molar-refractivity contribution in [3.8, 4) is 0 Å². The lowest BCUT2D eigenvalue weighted by atomic mass is 9.94. The van der Waals surface area contributed by atoms with Crippen LogP contribution in [0.3, 0.4) is 0 Å². The van der Waals surface area contributed by atoms with E-state index in [1.807, 2.05) is 0 Å². The molecule has 2 heterocycles. The highest BCUT2D eigenvalue weighted by Crippen LogP contribution is 2.36. The van der Waals surface area contributed by atoms with Crippen LogP contribution in [0.15, 0.2) is 72.0 Å². The summed E-state index contributed by atoms with van der Waals surface area (Å²) in [5.74, 6) is -1.49. The zero-order valence-corrected chi connectivity index (χ0v) is 34.6. The number of pyridine rings is 1. The van der Waals surface area contributed by atoms with Gasteiger partial charge in [0.05, 0.1) is 54.4 Å². The first-order valence-corrected chi connectivity index (χ1v) is 20.9. The van der Waals surface area contributed by atoms with Crippen molar-refractivity contribution in [1.29, 1.82) is 0 Å². The van der Waals surface area contributed by atoms with Crippen LogP contribution in [0, 0.1) is 5.82 Å². The summed E-state index contributed by atoms with van der Waals surface area (Å²) < 4.78 is 98.8. The number of hydrogen-bond donors (Lipinski definition) is 1. The second-order valence-electron chi connectivity index (χ2n) is 15.1. The molecule has 1 aliphatic heterocycles. The number of amides is 3. The van der Waals surface area contributed by atoms with Crippen LogP contribution in [0.2, 0.25) is 0 Å². The van der Waals surface area contributed by atoms with E-state index in [4.69, 9.17) is 4.74 Å². The van der Waals surface area contributed by atoms with Crippen LogP contribution in [-0.4, -0.2) is 52.0 Å². The Kier molecular flexibility index (Phi) is 18.1. The number of ether oxygens (including phenoxy) is 1. The van der Waals surface area contributed by atoms with Gasteiger partial charge in [0.25, 0.3) is 0 Å². The molecule has 1 aromatic heterocycles. The molecular formula is C43H55F7N5O3S+. The minimum atomic E-state index is -4.69. The van der Waals surface area contributed by atoms with Gasteiger partial charge in [0.2, 0.25) is 0 Å². The Morgan fingerprint density at radius 2 is 1.24 bits per heavy atom. The van der Waals surface area contributed by atoms with Gasteiger partial charge in [0.1, 0.15) is 18.6 Å². The van der Waals surface area contributed by atoms with Gasteiger partial charge in [-0.1, -0.05) is 119 Å². The molecule has 4 rings (SSSR count). The summed E-state index contributed by atoms with van der Waals surface area (Å²) in [5, 5.41) is 6.15. The zero-order valence-electron chi connectivity index (χ0n) is 33.7. The molecule has 2 aromatic carbocycles. The van der Waals surface area contributed by atoms with Crippen molar-refractivity contribution in [2.45, 2.75) is 128 Å². The monoisotopic (exact) mass is 854 g/mol. The summed E-state index contributed by atoms with van der Waals surface area (Å²) in [4.78, 5) is 32.0. The third-order valence-electron chi connectivity index (χ3n) is 10.3. The third kappa shape index (κ3) is 14.2. The average Bonchev–Trinajstić information content (AvgIpc) is 3.64. The van der Waals surface area contributed by atoms with Crippen molar-refractivity contribution in [3.63, 3.8) is 0 Å². The maximum atomic E-state index is 14.4. The van der Waals surface area contributed by atoms with Gasteiger partial charge in [-0.25, -0.2) is 14.2 Å². The first-order valence-electron chi connectivity index (χ1n) is 20.5. The van der Waals surface area contributed by atoms with Crippen molar-refractivity contribution in [3.05, 3.63) is 95.1 Å². The van der Waals surface area contributed by atoms with Crippen LogP contribution in [0.25, 0.3) is 0 Å². The average molecular weight is 855 g/mol. The van der Waals surface area contributed by atoms with Crippen molar-refractivity contribution >= 4 is 36.3 Å². The van der Waals surface area contributed by atoms with Crippen molar-refractivity contribution in [2.24, 2.45) is 5.10 Å². The van der Waals surface area contributed by atoms with E-state index < -0.39 is 51.3 Å². The Balaban J connectivity index is 1.40.